The van der Waals surface area contributed by atoms with E-state index in [1.807, 2.05) is 19.0 Å². The van der Waals surface area contributed by atoms with Crippen LogP contribution in [0.15, 0.2) is 47.1 Å². The van der Waals surface area contributed by atoms with Gasteiger partial charge in [-0.15, -0.1) is 12.4 Å². The lowest BCUT2D eigenvalue weighted by molar-refractivity contribution is 0.0952. The van der Waals surface area contributed by atoms with Crippen molar-refractivity contribution in [2.45, 2.75) is 0 Å². The van der Waals surface area contributed by atoms with Crippen molar-refractivity contribution in [2.75, 3.05) is 32.5 Å². The van der Waals surface area contributed by atoms with Gasteiger partial charge >= 0.3 is 0 Å². The van der Waals surface area contributed by atoms with Crippen LogP contribution in [0, 0.1) is 0 Å². The van der Waals surface area contributed by atoms with Gasteiger partial charge in [-0.3, -0.25) is 9.59 Å². The first-order chi connectivity index (χ1) is 10.6. The minimum Gasteiger partial charge on any atom is -0.459 e. The van der Waals surface area contributed by atoms with Crippen LogP contribution >= 0.6 is 12.4 Å². The number of carbonyl (C=O) groups is 2. The van der Waals surface area contributed by atoms with Gasteiger partial charge < -0.3 is 20.0 Å². The van der Waals surface area contributed by atoms with Crippen molar-refractivity contribution in [1.82, 2.24) is 10.2 Å². The molecular weight excluding hydrogens is 318 g/mol. The third-order valence-electron chi connectivity index (χ3n) is 3.01. The predicted molar refractivity (Wildman–Crippen MR) is 91.2 cm³/mol. The summed E-state index contributed by atoms with van der Waals surface area (Å²) >= 11 is 0. The number of amides is 2. The van der Waals surface area contributed by atoms with Crippen LogP contribution in [0.5, 0.6) is 0 Å². The molecule has 2 rings (SSSR count). The molecule has 0 unspecified atom stereocenters. The second-order valence-electron chi connectivity index (χ2n) is 5.04. The SMILES string of the molecule is CN(C)CCNC(=O)c1ccccc1NC(=O)c1ccco1.Cl. The lowest BCUT2D eigenvalue weighted by Crippen LogP contribution is -2.32. The Morgan fingerprint density at radius 3 is 2.48 bits per heavy atom. The van der Waals surface area contributed by atoms with E-state index in [2.05, 4.69) is 10.6 Å². The van der Waals surface area contributed by atoms with Crippen molar-refractivity contribution in [3.05, 3.63) is 54.0 Å². The lowest BCUT2D eigenvalue weighted by Gasteiger charge is -2.13. The van der Waals surface area contributed by atoms with Gasteiger partial charge in [0.05, 0.1) is 17.5 Å². The molecular formula is C16H20ClN3O3. The van der Waals surface area contributed by atoms with Crippen molar-refractivity contribution < 1.29 is 14.0 Å². The first kappa shape index (κ1) is 18.7. The minimum absolute atomic E-state index is 0. The van der Waals surface area contributed by atoms with E-state index < -0.39 is 5.91 Å². The van der Waals surface area contributed by atoms with E-state index in [-0.39, 0.29) is 24.1 Å². The highest BCUT2D eigenvalue weighted by Crippen LogP contribution is 2.16. The van der Waals surface area contributed by atoms with E-state index in [0.29, 0.717) is 17.8 Å². The minimum atomic E-state index is -0.390. The first-order valence-corrected chi connectivity index (χ1v) is 6.94. The van der Waals surface area contributed by atoms with Crippen molar-refractivity contribution in [1.29, 1.82) is 0 Å². The molecule has 1 aromatic carbocycles. The number of hydrogen-bond donors (Lipinski definition) is 2. The Hall–Kier alpha value is -2.31. The Morgan fingerprint density at radius 1 is 1.09 bits per heavy atom. The maximum atomic E-state index is 12.2. The molecule has 2 N–H and O–H groups in total. The molecule has 0 bridgehead atoms. The van der Waals surface area contributed by atoms with Gasteiger partial charge in [0.15, 0.2) is 5.76 Å². The molecule has 0 aliphatic heterocycles. The number of halogens is 1. The zero-order valence-electron chi connectivity index (χ0n) is 13.0. The number of para-hydroxylation sites is 1. The van der Waals surface area contributed by atoms with Crippen molar-refractivity contribution in [3.63, 3.8) is 0 Å². The Morgan fingerprint density at radius 2 is 1.83 bits per heavy atom. The molecule has 0 aliphatic carbocycles. The summed E-state index contributed by atoms with van der Waals surface area (Å²) in [5.41, 5.74) is 0.868. The average Bonchev–Trinajstić information content (AvgIpc) is 3.01. The van der Waals surface area contributed by atoms with E-state index in [4.69, 9.17) is 4.42 Å². The highest BCUT2D eigenvalue weighted by Gasteiger charge is 2.15. The summed E-state index contributed by atoms with van der Waals surface area (Å²) in [5.74, 6) is -0.418. The number of benzene rings is 1. The fraction of sp³-hybridized carbons (Fsp3) is 0.250. The fourth-order valence-electron chi connectivity index (χ4n) is 1.87. The molecule has 6 nitrogen and oxygen atoms in total. The molecule has 7 heteroatoms. The van der Waals surface area contributed by atoms with Gasteiger partial charge in [0.1, 0.15) is 0 Å². The Bertz CT molecular complexity index is 642. The van der Waals surface area contributed by atoms with Crippen LogP contribution in [-0.2, 0) is 0 Å². The number of anilines is 1. The Balaban J connectivity index is 0.00000264. The Kier molecular flexibility index (Phi) is 7.31. The molecule has 0 spiro atoms. The summed E-state index contributed by atoms with van der Waals surface area (Å²) < 4.78 is 5.04. The zero-order chi connectivity index (χ0) is 15.9. The molecule has 0 aliphatic rings. The normalized spacial score (nSPS) is 10.0. The van der Waals surface area contributed by atoms with Gasteiger partial charge in [0, 0.05) is 13.1 Å². The molecule has 0 atom stereocenters. The summed E-state index contributed by atoms with van der Waals surface area (Å²) in [5, 5.41) is 5.51. The average molecular weight is 338 g/mol. The van der Waals surface area contributed by atoms with E-state index in [9.17, 15) is 9.59 Å². The first-order valence-electron chi connectivity index (χ1n) is 6.94. The van der Waals surface area contributed by atoms with Crippen LogP contribution < -0.4 is 10.6 Å². The second-order valence-corrected chi connectivity index (χ2v) is 5.04. The molecule has 0 saturated carbocycles. The van der Waals surface area contributed by atoms with E-state index >= 15 is 0 Å². The monoisotopic (exact) mass is 337 g/mol. The van der Waals surface area contributed by atoms with Crippen molar-refractivity contribution >= 4 is 29.9 Å². The van der Waals surface area contributed by atoms with Gasteiger partial charge in [-0.1, -0.05) is 12.1 Å². The number of rotatable bonds is 6. The number of nitrogens with zero attached hydrogens (tertiary/aromatic N) is 1. The lowest BCUT2D eigenvalue weighted by atomic mass is 10.1. The van der Waals surface area contributed by atoms with Crippen LogP contribution in [-0.4, -0.2) is 43.9 Å². The molecule has 23 heavy (non-hydrogen) atoms. The standard InChI is InChI=1S/C16H19N3O3.ClH/c1-19(2)10-9-17-15(20)12-6-3-4-7-13(12)18-16(21)14-8-5-11-22-14;/h3-8,11H,9-10H2,1-2H3,(H,17,20)(H,18,21);1H. The molecule has 2 aromatic rings. The predicted octanol–water partition coefficient (Wildman–Crippen LogP) is 2.25. The maximum Gasteiger partial charge on any atom is 0.291 e. The molecule has 0 fully saturated rings. The van der Waals surface area contributed by atoms with Gasteiger partial charge in [0.2, 0.25) is 0 Å². The zero-order valence-corrected chi connectivity index (χ0v) is 13.9. The Labute approximate surface area is 141 Å². The highest BCUT2D eigenvalue weighted by molar-refractivity contribution is 6.07. The topological polar surface area (TPSA) is 74.6 Å². The second kappa shape index (κ2) is 8.97. The van der Waals surface area contributed by atoms with Crippen LogP contribution in [0.2, 0.25) is 0 Å². The molecule has 1 aromatic heterocycles. The fourth-order valence-corrected chi connectivity index (χ4v) is 1.87. The molecule has 0 saturated heterocycles. The van der Waals surface area contributed by atoms with E-state index in [0.717, 1.165) is 6.54 Å². The summed E-state index contributed by atoms with van der Waals surface area (Å²) in [6, 6.07) is 10.1. The van der Waals surface area contributed by atoms with Gasteiger partial charge in [-0.05, 0) is 38.4 Å². The number of furan rings is 1. The quantitative estimate of drug-likeness (QED) is 0.847. The molecule has 1 heterocycles. The van der Waals surface area contributed by atoms with Crippen LogP contribution in [0.3, 0.4) is 0 Å². The molecule has 2 amide bonds. The summed E-state index contributed by atoms with van der Waals surface area (Å²) in [6.07, 6.45) is 1.43. The third kappa shape index (κ3) is 5.43. The summed E-state index contributed by atoms with van der Waals surface area (Å²) in [7, 11) is 3.87. The van der Waals surface area contributed by atoms with Crippen LogP contribution in [0.1, 0.15) is 20.9 Å². The number of hydrogen-bond acceptors (Lipinski definition) is 4. The smallest absolute Gasteiger partial charge is 0.291 e. The number of likely N-dealkylation sites (N-methyl/N-ethyl adjacent to an activating group) is 1. The van der Waals surface area contributed by atoms with Crippen molar-refractivity contribution in [2.24, 2.45) is 0 Å². The van der Waals surface area contributed by atoms with Crippen LogP contribution in [0.25, 0.3) is 0 Å². The highest BCUT2D eigenvalue weighted by atomic mass is 35.5. The number of nitrogens with one attached hydrogen (secondary N) is 2. The van der Waals surface area contributed by atoms with E-state index in [1.165, 1.54) is 6.26 Å². The maximum absolute atomic E-state index is 12.2. The largest absolute Gasteiger partial charge is 0.459 e. The van der Waals surface area contributed by atoms with Gasteiger partial charge in [-0.2, -0.15) is 0 Å². The van der Waals surface area contributed by atoms with E-state index in [1.54, 1.807) is 36.4 Å². The molecule has 124 valence electrons. The third-order valence-corrected chi connectivity index (χ3v) is 3.01. The van der Waals surface area contributed by atoms with Gasteiger partial charge in [0.25, 0.3) is 11.8 Å². The van der Waals surface area contributed by atoms with Crippen molar-refractivity contribution in [3.8, 4) is 0 Å². The molecule has 0 radical (unpaired) electrons. The summed E-state index contributed by atoms with van der Waals surface area (Å²) in [4.78, 5) is 26.2. The van der Waals surface area contributed by atoms with Gasteiger partial charge in [-0.25, -0.2) is 0 Å². The van der Waals surface area contributed by atoms with Crippen LogP contribution in [0.4, 0.5) is 5.69 Å². The number of carbonyl (C=O) groups excluding carboxylic acids is 2. The summed E-state index contributed by atoms with van der Waals surface area (Å²) in [6.45, 7) is 1.28.